The highest BCUT2D eigenvalue weighted by molar-refractivity contribution is 7.91. The van der Waals surface area contributed by atoms with Crippen molar-refractivity contribution < 1.29 is 8.42 Å². The molecule has 5 nitrogen and oxygen atoms in total. The van der Waals surface area contributed by atoms with Crippen LogP contribution in [0.25, 0.3) is 0 Å². The van der Waals surface area contributed by atoms with E-state index in [2.05, 4.69) is 10.0 Å². The van der Waals surface area contributed by atoms with Crippen LogP contribution in [-0.4, -0.2) is 19.3 Å². The van der Waals surface area contributed by atoms with E-state index in [0.717, 1.165) is 0 Å². The van der Waals surface area contributed by atoms with Crippen molar-refractivity contribution in [3.63, 3.8) is 0 Å². The highest BCUT2D eigenvalue weighted by atomic mass is 32.2. The number of hydrogen-bond donors (Lipinski definition) is 3. The first-order valence-corrected chi connectivity index (χ1v) is 6.66. The maximum atomic E-state index is 11.2. The van der Waals surface area contributed by atoms with Gasteiger partial charge in [0.15, 0.2) is 5.11 Å². The van der Waals surface area contributed by atoms with Gasteiger partial charge in [-0.1, -0.05) is 12.1 Å². The minimum atomic E-state index is -3.35. The summed E-state index contributed by atoms with van der Waals surface area (Å²) in [6.07, 6.45) is 0. The first-order chi connectivity index (χ1) is 7.44. The molecule has 1 aromatic rings. The van der Waals surface area contributed by atoms with Gasteiger partial charge < -0.3 is 11.1 Å². The van der Waals surface area contributed by atoms with Gasteiger partial charge in [-0.05, 0) is 31.3 Å². The van der Waals surface area contributed by atoms with Gasteiger partial charge in [-0.2, -0.15) is 0 Å². The number of nitrogens with one attached hydrogen (secondary N) is 2. The summed E-state index contributed by atoms with van der Waals surface area (Å²) in [6, 6.07) is 6.95. The Labute approximate surface area is 100 Å². The van der Waals surface area contributed by atoms with Gasteiger partial charge >= 0.3 is 0 Å². The van der Waals surface area contributed by atoms with E-state index in [4.69, 9.17) is 18.0 Å². The Balaban J connectivity index is 2.70. The number of para-hydroxylation sites is 2. The van der Waals surface area contributed by atoms with Crippen molar-refractivity contribution in [3.05, 3.63) is 24.3 Å². The highest BCUT2D eigenvalue weighted by Gasteiger charge is 2.09. The third-order valence-corrected chi connectivity index (χ3v) is 3.45. The topological polar surface area (TPSA) is 84.2 Å². The number of sulfonamides is 1. The van der Waals surface area contributed by atoms with Crippen molar-refractivity contribution in [2.24, 2.45) is 0 Å². The summed E-state index contributed by atoms with van der Waals surface area (Å²) in [5, 5.41) is 2.73. The Kier molecular flexibility index (Phi) is 4.08. The number of nitrogen functional groups attached to an aromatic ring is 1. The largest absolute Gasteiger partial charge is 0.397 e. The van der Waals surface area contributed by atoms with Crippen LogP contribution in [0.3, 0.4) is 0 Å². The van der Waals surface area contributed by atoms with E-state index < -0.39 is 10.0 Å². The minimum Gasteiger partial charge on any atom is -0.397 e. The van der Waals surface area contributed by atoms with E-state index in [9.17, 15) is 8.42 Å². The maximum absolute atomic E-state index is 11.2. The molecule has 0 radical (unpaired) electrons. The zero-order chi connectivity index (χ0) is 12.2. The van der Waals surface area contributed by atoms with Crippen LogP contribution >= 0.6 is 12.2 Å². The molecular formula is C9H13N3O2S2. The quantitative estimate of drug-likeness (QED) is 0.555. The van der Waals surface area contributed by atoms with Crippen LogP contribution in [-0.2, 0) is 10.0 Å². The first kappa shape index (κ1) is 12.7. The number of rotatable bonds is 3. The summed E-state index contributed by atoms with van der Waals surface area (Å²) in [7, 11) is -3.35. The molecule has 16 heavy (non-hydrogen) atoms. The predicted molar refractivity (Wildman–Crippen MR) is 69.7 cm³/mol. The molecule has 4 N–H and O–H groups in total. The van der Waals surface area contributed by atoms with Gasteiger partial charge in [-0.3, -0.25) is 4.72 Å². The number of hydrogen-bond acceptors (Lipinski definition) is 4. The van der Waals surface area contributed by atoms with E-state index in [1.165, 1.54) is 6.92 Å². The molecule has 0 fully saturated rings. The molecular weight excluding hydrogens is 246 g/mol. The van der Waals surface area contributed by atoms with Crippen molar-refractivity contribution in [2.75, 3.05) is 16.8 Å². The van der Waals surface area contributed by atoms with Crippen molar-refractivity contribution in [2.45, 2.75) is 6.92 Å². The maximum Gasteiger partial charge on any atom is 0.234 e. The molecule has 0 aliphatic carbocycles. The fourth-order valence-electron chi connectivity index (χ4n) is 0.972. The van der Waals surface area contributed by atoms with Crippen LogP contribution in [0.15, 0.2) is 24.3 Å². The molecule has 0 aromatic heterocycles. The molecule has 0 aliphatic rings. The molecule has 0 amide bonds. The van der Waals surface area contributed by atoms with Crippen LogP contribution < -0.4 is 15.8 Å². The zero-order valence-corrected chi connectivity index (χ0v) is 10.4. The van der Waals surface area contributed by atoms with Gasteiger partial charge in [0, 0.05) is 0 Å². The van der Waals surface area contributed by atoms with Crippen molar-refractivity contribution >= 4 is 38.7 Å². The number of anilines is 2. The Bertz CT molecular complexity index is 485. The molecule has 0 unspecified atom stereocenters. The molecule has 1 aromatic carbocycles. The molecule has 7 heteroatoms. The van der Waals surface area contributed by atoms with Crippen molar-refractivity contribution in [1.82, 2.24) is 4.72 Å². The SMILES string of the molecule is CCS(=O)(=O)NC(=S)Nc1ccccc1N. The van der Waals surface area contributed by atoms with E-state index in [1.807, 2.05) is 0 Å². The molecule has 0 atom stereocenters. The summed E-state index contributed by atoms with van der Waals surface area (Å²) in [6.45, 7) is 1.53. The van der Waals surface area contributed by atoms with E-state index >= 15 is 0 Å². The smallest absolute Gasteiger partial charge is 0.234 e. The summed E-state index contributed by atoms with van der Waals surface area (Å²) >= 11 is 4.85. The van der Waals surface area contributed by atoms with E-state index in [1.54, 1.807) is 24.3 Å². The van der Waals surface area contributed by atoms with Gasteiger partial charge in [-0.25, -0.2) is 8.42 Å². The average molecular weight is 259 g/mol. The van der Waals surface area contributed by atoms with Gasteiger partial charge in [-0.15, -0.1) is 0 Å². The molecule has 0 saturated carbocycles. The summed E-state index contributed by atoms with van der Waals surface area (Å²) < 4.78 is 24.6. The fourth-order valence-corrected chi connectivity index (χ4v) is 1.94. The Hall–Kier alpha value is -1.34. The fraction of sp³-hybridized carbons (Fsp3) is 0.222. The second kappa shape index (κ2) is 5.13. The Morgan fingerprint density at radius 2 is 2.06 bits per heavy atom. The second-order valence-corrected chi connectivity index (χ2v) is 5.47. The van der Waals surface area contributed by atoms with Gasteiger partial charge in [0.25, 0.3) is 0 Å². The van der Waals surface area contributed by atoms with Crippen LogP contribution in [0, 0.1) is 0 Å². The van der Waals surface area contributed by atoms with Crippen LogP contribution in [0.1, 0.15) is 6.92 Å². The van der Waals surface area contributed by atoms with Gasteiger partial charge in [0.2, 0.25) is 10.0 Å². The molecule has 1 rings (SSSR count). The molecule has 0 heterocycles. The molecule has 0 bridgehead atoms. The van der Waals surface area contributed by atoms with Crippen LogP contribution in [0.2, 0.25) is 0 Å². The minimum absolute atomic E-state index is 0.0137. The lowest BCUT2D eigenvalue weighted by atomic mass is 10.3. The lowest BCUT2D eigenvalue weighted by molar-refractivity contribution is 0.594. The van der Waals surface area contributed by atoms with Gasteiger partial charge in [0.1, 0.15) is 0 Å². The van der Waals surface area contributed by atoms with Crippen molar-refractivity contribution in [1.29, 1.82) is 0 Å². The Morgan fingerprint density at radius 3 is 2.62 bits per heavy atom. The standard InChI is InChI=1S/C9H13N3O2S2/c1-2-16(13,14)12-9(15)11-8-6-4-3-5-7(8)10/h3-6H,2,10H2,1H3,(H2,11,12,15). The summed E-state index contributed by atoms with van der Waals surface area (Å²) in [5.41, 5.74) is 6.74. The first-order valence-electron chi connectivity index (χ1n) is 4.60. The molecule has 0 saturated heterocycles. The second-order valence-electron chi connectivity index (χ2n) is 3.05. The zero-order valence-electron chi connectivity index (χ0n) is 8.73. The average Bonchev–Trinajstić information content (AvgIpc) is 2.21. The van der Waals surface area contributed by atoms with Gasteiger partial charge in [0.05, 0.1) is 17.1 Å². The summed E-state index contributed by atoms with van der Waals surface area (Å²) in [4.78, 5) is 0. The molecule has 0 spiro atoms. The molecule has 0 aliphatic heterocycles. The normalized spacial score (nSPS) is 10.8. The number of thiocarbonyl (C=S) groups is 1. The lowest BCUT2D eigenvalue weighted by Gasteiger charge is -2.11. The summed E-state index contributed by atoms with van der Waals surface area (Å²) in [5.74, 6) is -0.0287. The number of nitrogens with two attached hydrogens (primary N) is 1. The highest BCUT2D eigenvalue weighted by Crippen LogP contribution is 2.16. The van der Waals surface area contributed by atoms with E-state index in [0.29, 0.717) is 11.4 Å². The third-order valence-electron chi connectivity index (χ3n) is 1.84. The number of benzene rings is 1. The predicted octanol–water partition coefficient (Wildman–Crippen LogP) is 0.905. The van der Waals surface area contributed by atoms with Crippen LogP contribution in [0.5, 0.6) is 0 Å². The third kappa shape index (κ3) is 3.67. The monoisotopic (exact) mass is 259 g/mol. The Morgan fingerprint density at radius 1 is 1.44 bits per heavy atom. The molecule has 88 valence electrons. The van der Waals surface area contributed by atoms with E-state index in [-0.39, 0.29) is 10.9 Å². The van der Waals surface area contributed by atoms with Crippen LogP contribution in [0.4, 0.5) is 11.4 Å². The van der Waals surface area contributed by atoms with Crippen molar-refractivity contribution in [3.8, 4) is 0 Å². The lowest BCUT2D eigenvalue weighted by Crippen LogP contribution is -2.35.